The van der Waals surface area contributed by atoms with Crippen molar-refractivity contribution in [2.45, 2.75) is 18.7 Å². The van der Waals surface area contributed by atoms with Gasteiger partial charge in [-0.1, -0.05) is 36.4 Å². The molecule has 0 aliphatic carbocycles. The van der Waals surface area contributed by atoms with Crippen LogP contribution in [0.4, 0.5) is 5.69 Å². The molecule has 0 saturated carbocycles. The first kappa shape index (κ1) is 16.8. The number of hydrogen-bond acceptors (Lipinski definition) is 3. The third kappa shape index (κ3) is 2.36. The van der Waals surface area contributed by atoms with Gasteiger partial charge in [0.15, 0.2) is 10.8 Å². The third-order valence-corrected chi connectivity index (χ3v) is 5.43. The van der Waals surface area contributed by atoms with Crippen LogP contribution >= 0.6 is 12.2 Å². The number of fused-ring (bicyclic) bond motifs is 4. The smallest absolute Gasteiger partial charge is 0.233 e. The highest BCUT2D eigenvalue weighted by atomic mass is 32.1. The molecule has 2 aliphatic rings. The van der Waals surface area contributed by atoms with Crippen LogP contribution in [0, 0.1) is 5.92 Å². The maximum atomic E-state index is 13.1. The van der Waals surface area contributed by atoms with E-state index in [0.29, 0.717) is 5.11 Å². The fourth-order valence-corrected chi connectivity index (χ4v) is 4.36. The molecular formula is C20H21N3O2S. The predicted molar refractivity (Wildman–Crippen MR) is 105 cm³/mol. The highest BCUT2D eigenvalue weighted by molar-refractivity contribution is 7.80. The molecule has 2 bridgehead atoms. The molecular weight excluding hydrogens is 346 g/mol. The van der Waals surface area contributed by atoms with Gasteiger partial charge in [0.1, 0.15) is 11.7 Å². The zero-order valence-corrected chi connectivity index (χ0v) is 15.8. The van der Waals surface area contributed by atoms with E-state index in [2.05, 4.69) is 5.32 Å². The fraction of sp³-hybridized carbons (Fsp3) is 0.300. The Labute approximate surface area is 158 Å². The minimum atomic E-state index is -0.927. The molecule has 1 saturated heterocycles. The molecule has 134 valence electrons. The first-order chi connectivity index (χ1) is 12.4. The van der Waals surface area contributed by atoms with Crippen molar-refractivity contribution < 1.29 is 9.53 Å². The summed E-state index contributed by atoms with van der Waals surface area (Å²) < 4.78 is 6.46. The van der Waals surface area contributed by atoms with Crippen molar-refractivity contribution in [1.29, 1.82) is 0 Å². The lowest BCUT2D eigenvalue weighted by atomic mass is 9.78. The van der Waals surface area contributed by atoms with E-state index < -0.39 is 11.6 Å². The van der Waals surface area contributed by atoms with Gasteiger partial charge in [0.25, 0.3) is 0 Å². The second-order valence-electron chi connectivity index (χ2n) is 7.00. The molecule has 5 nitrogen and oxygen atoms in total. The van der Waals surface area contributed by atoms with Crippen molar-refractivity contribution in [1.82, 2.24) is 10.2 Å². The highest BCUT2D eigenvalue weighted by Gasteiger charge is 2.59. The number of ether oxygens (including phenoxy) is 1. The molecule has 3 atom stereocenters. The first-order valence-corrected chi connectivity index (χ1v) is 8.99. The Kier molecular flexibility index (Phi) is 3.88. The topological polar surface area (TPSA) is 44.8 Å². The van der Waals surface area contributed by atoms with Gasteiger partial charge in [-0.15, -0.1) is 0 Å². The quantitative estimate of drug-likeness (QED) is 0.827. The predicted octanol–water partition coefficient (Wildman–Crippen LogP) is 2.94. The van der Waals surface area contributed by atoms with Crippen LogP contribution in [0.3, 0.4) is 0 Å². The standard InChI is InChI=1S/C20H21N3O2S/c1-20-16(18(24)22(2)3)17(14-11-7-8-12-15(14)25-20)21-19(26)23(20)13-9-5-4-6-10-13/h4-12,16-17H,1-3H3,(H,21,26)/t16-,17-,20-/m0/s1. The van der Waals surface area contributed by atoms with Crippen LogP contribution in [0.2, 0.25) is 0 Å². The molecule has 1 amide bonds. The van der Waals surface area contributed by atoms with Gasteiger partial charge < -0.3 is 15.0 Å². The van der Waals surface area contributed by atoms with Crippen LogP contribution in [0.5, 0.6) is 5.75 Å². The number of rotatable bonds is 2. The Balaban J connectivity index is 1.92. The van der Waals surface area contributed by atoms with Crippen LogP contribution < -0.4 is 15.0 Å². The SMILES string of the molecule is CN(C)C(=O)[C@@H]1[C@H]2NC(=S)N(c3ccccc3)[C@@]1(C)Oc1ccccc12. The Morgan fingerprint density at radius 2 is 1.81 bits per heavy atom. The van der Waals surface area contributed by atoms with E-state index in [4.69, 9.17) is 17.0 Å². The number of anilines is 1. The molecule has 2 aromatic carbocycles. The number of nitrogens with one attached hydrogen (secondary N) is 1. The molecule has 0 spiro atoms. The zero-order valence-electron chi connectivity index (χ0n) is 15.0. The van der Waals surface area contributed by atoms with Gasteiger partial charge >= 0.3 is 0 Å². The first-order valence-electron chi connectivity index (χ1n) is 8.58. The Hall–Kier alpha value is -2.60. The van der Waals surface area contributed by atoms with E-state index in [0.717, 1.165) is 17.0 Å². The largest absolute Gasteiger partial charge is 0.467 e. The molecule has 2 heterocycles. The Morgan fingerprint density at radius 1 is 1.15 bits per heavy atom. The maximum absolute atomic E-state index is 13.1. The minimum absolute atomic E-state index is 0.00272. The van der Waals surface area contributed by atoms with Crippen LogP contribution in [-0.4, -0.2) is 35.7 Å². The van der Waals surface area contributed by atoms with Gasteiger partial charge in [-0.3, -0.25) is 9.69 Å². The third-order valence-electron chi connectivity index (χ3n) is 5.13. The van der Waals surface area contributed by atoms with Gasteiger partial charge in [-0.2, -0.15) is 0 Å². The van der Waals surface area contributed by atoms with Gasteiger partial charge in [0.2, 0.25) is 5.91 Å². The van der Waals surface area contributed by atoms with Gasteiger partial charge in [-0.25, -0.2) is 0 Å². The molecule has 0 radical (unpaired) electrons. The summed E-state index contributed by atoms with van der Waals surface area (Å²) in [4.78, 5) is 16.7. The number of para-hydroxylation sites is 2. The van der Waals surface area contributed by atoms with Crippen molar-refractivity contribution >= 4 is 28.9 Å². The highest BCUT2D eigenvalue weighted by Crippen LogP contribution is 2.49. The molecule has 6 heteroatoms. The summed E-state index contributed by atoms with van der Waals surface area (Å²) in [6, 6.07) is 17.4. The lowest BCUT2D eigenvalue weighted by Crippen LogP contribution is -2.72. The molecule has 2 aliphatic heterocycles. The fourth-order valence-electron chi connectivity index (χ4n) is 3.95. The van der Waals surface area contributed by atoms with Crippen LogP contribution in [-0.2, 0) is 4.79 Å². The van der Waals surface area contributed by atoms with Crippen LogP contribution in [0.15, 0.2) is 54.6 Å². The molecule has 26 heavy (non-hydrogen) atoms. The summed E-state index contributed by atoms with van der Waals surface area (Å²) in [7, 11) is 3.54. The normalized spacial score (nSPS) is 26.4. The lowest BCUT2D eigenvalue weighted by Gasteiger charge is -2.56. The van der Waals surface area contributed by atoms with E-state index in [-0.39, 0.29) is 11.9 Å². The van der Waals surface area contributed by atoms with Gasteiger partial charge in [0, 0.05) is 25.3 Å². The molecule has 0 aromatic heterocycles. The Bertz CT molecular complexity index is 870. The number of nitrogens with zero attached hydrogens (tertiary/aromatic N) is 2. The number of hydrogen-bond donors (Lipinski definition) is 1. The summed E-state index contributed by atoms with van der Waals surface area (Å²) in [5.74, 6) is 0.334. The second-order valence-corrected chi connectivity index (χ2v) is 7.39. The summed E-state index contributed by atoms with van der Waals surface area (Å²) >= 11 is 5.68. The molecule has 4 rings (SSSR count). The number of carbonyl (C=O) groups excluding carboxylic acids is 1. The molecule has 2 aromatic rings. The zero-order chi connectivity index (χ0) is 18.5. The second kappa shape index (κ2) is 5.99. The molecule has 1 N–H and O–H groups in total. The monoisotopic (exact) mass is 367 g/mol. The van der Waals surface area contributed by atoms with E-state index >= 15 is 0 Å². The van der Waals surface area contributed by atoms with Crippen LogP contribution in [0.1, 0.15) is 18.5 Å². The molecule has 0 unspecified atom stereocenters. The molecule has 1 fully saturated rings. The minimum Gasteiger partial charge on any atom is -0.467 e. The Morgan fingerprint density at radius 3 is 2.50 bits per heavy atom. The summed E-state index contributed by atoms with van der Waals surface area (Å²) in [6.07, 6.45) is 0. The van der Waals surface area contributed by atoms with Crippen molar-refractivity contribution in [2.75, 3.05) is 19.0 Å². The average Bonchev–Trinajstić information content (AvgIpc) is 2.61. The van der Waals surface area contributed by atoms with Crippen molar-refractivity contribution in [3.63, 3.8) is 0 Å². The maximum Gasteiger partial charge on any atom is 0.233 e. The number of benzene rings is 2. The number of carbonyl (C=O) groups is 1. The average molecular weight is 367 g/mol. The van der Waals surface area contributed by atoms with E-state index in [1.807, 2.05) is 66.4 Å². The number of thiocarbonyl (C=S) groups is 1. The van der Waals surface area contributed by atoms with E-state index in [1.165, 1.54) is 0 Å². The van der Waals surface area contributed by atoms with Gasteiger partial charge in [0.05, 0.1) is 6.04 Å². The van der Waals surface area contributed by atoms with Crippen LogP contribution in [0.25, 0.3) is 0 Å². The van der Waals surface area contributed by atoms with E-state index in [9.17, 15) is 4.79 Å². The van der Waals surface area contributed by atoms with Gasteiger partial charge in [-0.05, 0) is 37.3 Å². The van der Waals surface area contributed by atoms with Crippen molar-refractivity contribution in [3.05, 3.63) is 60.2 Å². The van der Waals surface area contributed by atoms with E-state index in [1.54, 1.807) is 19.0 Å². The van der Waals surface area contributed by atoms with Crippen molar-refractivity contribution in [3.8, 4) is 5.75 Å². The summed E-state index contributed by atoms with van der Waals surface area (Å²) in [5, 5.41) is 3.95. The summed E-state index contributed by atoms with van der Waals surface area (Å²) in [5.41, 5.74) is 0.923. The lowest BCUT2D eigenvalue weighted by molar-refractivity contribution is -0.144. The van der Waals surface area contributed by atoms with Crippen molar-refractivity contribution in [2.24, 2.45) is 5.92 Å². The number of amides is 1. The summed E-state index contributed by atoms with van der Waals surface area (Å²) in [6.45, 7) is 1.95.